The van der Waals surface area contributed by atoms with Crippen molar-refractivity contribution in [2.75, 3.05) is 57.8 Å². The van der Waals surface area contributed by atoms with Gasteiger partial charge in [0.2, 0.25) is 17.7 Å². The first-order valence-corrected chi connectivity index (χ1v) is 14.9. The Hall–Kier alpha value is -4.85. The normalized spacial score (nSPS) is 22.0. The fourth-order valence-corrected chi connectivity index (χ4v) is 6.28. The lowest BCUT2D eigenvalue weighted by Gasteiger charge is -2.36. The number of hydrogen-bond acceptors (Lipinski definition) is 9. The van der Waals surface area contributed by atoms with Gasteiger partial charge < -0.3 is 19.9 Å². The van der Waals surface area contributed by atoms with Gasteiger partial charge >= 0.3 is 0 Å². The number of fused-ring (bicyclic) bond motifs is 1. The van der Waals surface area contributed by atoms with Crippen molar-refractivity contribution in [3.05, 3.63) is 58.9 Å². The number of carbonyl (C=O) groups excluding carboxylic acids is 6. The number of benzene rings is 2. The number of likely N-dealkylation sites (tertiary alicyclic amines) is 1. The second kappa shape index (κ2) is 12.3. The monoisotopic (exact) mass is 620 g/mol. The van der Waals surface area contributed by atoms with E-state index < -0.39 is 41.4 Å². The molecular weight excluding hydrogens is 587 g/mol. The zero-order valence-corrected chi connectivity index (χ0v) is 24.7. The van der Waals surface area contributed by atoms with Crippen molar-refractivity contribution in [3.8, 4) is 5.75 Å². The number of hydrogen-bond donors (Lipinski definition) is 2. The molecule has 0 unspecified atom stereocenters. The minimum Gasteiger partial charge on any atom is -0.497 e. The van der Waals surface area contributed by atoms with Crippen LogP contribution in [0.1, 0.15) is 50.3 Å². The summed E-state index contributed by atoms with van der Waals surface area (Å²) in [5, 5.41) is 5.02. The van der Waals surface area contributed by atoms with Crippen LogP contribution in [-0.2, 0) is 14.4 Å². The maximum absolute atomic E-state index is 14.2. The zero-order chi connectivity index (χ0) is 31.8. The number of piperazine rings is 1. The van der Waals surface area contributed by atoms with E-state index in [9.17, 15) is 33.2 Å². The molecule has 6 rings (SSSR count). The number of imide groups is 2. The standard InChI is InChI=1S/C31H33FN6O7/c1-45-20-3-5-24(32)23(15-20)28(41)33-18-8-9-37(16-18)27(40)17-35-10-12-36(13-11-35)19-2-4-21-22(14-19)31(44)38(30(21)43)25-6-7-26(39)34-29(25)42/h2-5,14-15,18,25H,6-13,16-17H2,1H3,(H,33,41)(H,34,39,42)/t18-,25-/m0/s1. The molecule has 14 heteroatoms. The molecule has 2 aromatic rings. The minimum atomic E-state index is -1.02. The molecule has 3 saturated heterocycles. The van der Waals surface area contributed by atoms with Crippen LogP contribution < -0.4 is 20.3 Å². The second-order valence-electron chi connectivity index (χ2n) is 11.6. The molecule has 0 aromatic heterocycles. The van der Waals surface area contributed by atoms with Crippen LogP contribution in [0.15, 0.2) is 36.4 Å². The Morgan fingerprint density at radius 2 is 1.71 bits per heavy atom. The quantitative estimate of drug-likeness (QED) is 0.420. The summed E-state index contributed by atoms with van der Waals surface area (Å²) >= 11 is 0. The Labute approximate surface area is 258 Å². The highest BCUT2D eigenvalue weighted by Crippen LogP contribution is 2.31. The largest absolute Gasteiger partial charge is 0.497 e. The fourth-order valence-electron chi connectivity index (χ4n) is 6.28. The highest BCUT2D eigenvalue weighted by Gasteiger charge is 2.45. The molecule has 2 aromatic carbocycles. The van der Waals surface area contributed by atoms with Crippen LogP contribution in [0.2, 0.25) is 0 Å². The lowest BCUT2D eigenvalue weighted by molar-refractivity contribution is -0.136. The summed E-state index contributed by atoms with van der Waals surface area (Å²) in [5.74, 6) is -3.04. The van der Waals surface area contributed by atoms with E-state index in [0.29, 0.717) is 51.4 Å². The first-order valence-electron chi connectivity index (χ1n) is 14.9. The molecule has 13 nitrogen and oxygen atoms in total. The average Bonchev–Trinajstić information content (AvgIpc) is 3.60. The van der Waals surface area contributed by atoms with Crippen LogP contribution >= 0.6 is 0 Å². The number of nitrogens with zero attached hydrogens (tertiary/aromatic N) is 4. The molecule has 0 bridgehead atoms. The number of ether oxygens (including phenoxy) is 1. The van der Waals surface area contributed by atoms with Gasteiger partial charge in [-0.15, -0.1) is 0 Å². The zero-order valence-electron chi connectivity index (χ0n) is 24.7. The van der Waals surface area contributed by atoms with Gasteiger partial charge in [0.1, 0.15) is 17.6 Å². The number of methoxy groups -OCH3 is 1. The van der Waals surface area contributed by atoms with Crippen LogP contribution in [0, 0.1) is 5.82 Å². The molecule has 0 radical (unpaired) electrons. The van der Waals surface area contributed by atoms with Crippen LogP contribution in [-0.4, -0.2) is 115 Å². The first-order chi connectivity index (χ1) is 21.6. The van der Waals surface area contributed by atoms with Crippen molar-refractivity contribution in [1.29, 1.82) is 0 Å². The lowest BCUT2D eigenvalue weighted by atomic mass is 10.0. The summed E-state index contributed by atoms with van der Waals surface area (Å²) in [6, 6.07) is 7.70. The van der Waals surface area contributed by atoms with Crippen molar-refractivity contribution < 1.29 is 37.9 Å². The number of piperidine rings is 1. The number of carbonyl (C=O) groups is 6. The molecule has 45 heavy (non-hydrogen) atoms. The van der Waals surface area contributed by atoms with Gasteiger partial charge in [-0.05, 0) is 49.2 Å². The van der Waals surface area contributed by atoms with E-state index in [1.54, 1.807) is 23.1 Å². The third-order valence-corrected chi connectivity index (χ3v) is 8.81. The molecule has 4 aliphatic rings. The second-order valence-corrected chi connectivity index (χ2v) is 11.6. The van der Waals surface area contributed by atoms with Gasteiger partial charge in [0.05, 0.1) is 30.3 Å². The van der Waals surface area contributed by atoms with Gasteiger partial charge in [0, 0.05) is 57.4 Å². The van der Waals surface area contributed by atoms with Crippen molar-refractivity contribution in [2.45, 2.75) is 31.3 Å². The van der Waals surface area contributed by atoms with E-state index in [1.165, 1.54) is 25.3 Å². The molecule has 0 aliphatic carbocycles. The third-order valence-electron chi connectivity index (χ3n) is 8.81. The van der Waals surface area contributed by atoms with Gasteiger partial charge in [0.25, 0.3) is 17.7 Å². The smallest absolute Gasteiger partial charge is 0.262 e. The van der Waals surface area contributed by atoms with Crippen LogP contribution in [0.25, 0.3) is 0 Å². The summed E-state index contributed by atoms with van der Waals surface area (Å²) in [6.07, 6.45) is 0.722. The fraction of sp³-hybridized carbons (Fsp3) is 0.419. The minimum absolute atomic E-state index is 0.0528. The van der Waals surface area contributed by atoms with Crippen LogP contribution in [0.3, 0.4) is 0 Å². The van der Waals surface area contributed by atoms with E-state index in [-0.39, 0.29) is 48.0 Å². The molecule has 4 aliphatic heterocycles. The Morgan fingerprint density at radius 3 is 2.44 bits per heavy atom. The number of anilines is 1. The van der Waals surface area contributed by atoms with E-state index in [4.69, 9.17) is 4.74 Å². The molecule has 0 spiro atoms. The molecular formula is C31H33FN6O7. The summed E-state index contributed by atoms with van der Waals surface area (Å²) in [7, 11) is 1.44. The van der Waals surface area contributed by atoms with Crippen molar-refractivity contribution in [1.82, 2.24) is 25.3 Å². The van der Waals surface area contributed by atoms with Crippen LogP contribution in [0.4, 0.5) is 10.1 Å². The molecule has 6 amide bonds. The van der Waals surface area contributed by atoms with Crippen molar-refractivity contribution >= 4 is 41.1 Å². The van der Waals surface area contributed by atoms with Gasteiger partial charge in [-0.3, -0.25) is 43.9 Å². The van der Waals surface area contributed by atoms with E-state index in [1.807, 2.05) is 4.90 Å². The molecule has 236 valence electrons. The summed E-state index contributed by atoms with van der Waals surface area (Å²) in [5.41, 5.74) is 1.11. The predicted octanol–water partition coefficient (Wildman–Crippen LogP) is 0.388. The van der Waals surface area contributed by atoms with Crippen molar-refractivity contribution in [2.24, 2.45) is 0 Å². The SMILES string of the molecule is COc1ccc(F)c(C(=O)N[C@H]2CCN(C(=O)CN3CCN(c4ccc5c(c4)C(=O)N([C@H]4CCC(=O)NC4=O)C5=O)CC3)C2)c1. The van der Waals surface area contributed by atoms with Gasteiger partial charge in [0.15, 0.2) is 0 Å². The first kappa shape index (κ1) is 30.2. The molecule has 2 N–H and O–H groups in total. The van der Waals surface area contributed by atoms with E-state index in [0.717, 1.165) is 10.6 Å². The average molecular weight is 621 g/mol. The summed E-state index contributed by atoms with van der Waals surface area (Å²) in [6.45, 7) is 3.43. The number of amides is 6. The third kappa shape index (κ3) is 5.97. The van der Waals surface area contributed by atoms with E-state index in [2.05, 4.69) is 15.5 Å². The lowest BCUT2D eigenvalue weighted by Crippen LogP contribution is -2.54. The Kier molecular flexibility index (Phi) is 8.23. The van der Waals surface area contributed by atoms with Crippen molar-refractivity contribution in [3.63, 3.8) is 0 Å². The number of nitrogens with one attached hydrogen (secondary N) is 2. The molecule has 2 atom stereocenters. The molecule has 3 fully saturated rings. The van der Waals surface area contributed by atoms with Gasteiger partial charge in [-0.1, -0.05) is 0 Å². The highest BCUT2D eigenvalue weighted by molar-refractivity contribution is 6.23. The van der Waals surface area contributed by atoms with Crippen LogP contribution in [0.5, 0.6) is 5.75 Å². The Morgan fingerprint density at radius 1 is 0.956 bits per heavy atom. The molecule has 0 saturated carbocycles. The van der Waals surface area contributed by atoms with E-state index >= 15 is 0 Å². The summed E-state index contributed by atoms with van der Waals surface area (Å²) < 4.78 is 19.3. The summed E-state index contributed by atoms with van der Waals surface area (Å²) in [4.78, 5) is 82.5. The number of rotatable bonds is 7. The topological polar surface area (TPSA) is 149 Å². The molecule has 4 heterocycles. The van der Waals surface area contributed by atoms with Gasteiger partial charge in [-0.25, -0.2) is 4.39 Å². The highest BCUT2D eigenvalue weighted by atomic mass is 19.1. The maximum atomic E-state index is 14.2. The predicted molar refractivity (Wildman–Crippen MR) is 157 cm³/mol. The Bertz CT molecular complexity index is 1590. The number of halogens is 1. The van der Waals surface area contributed by atoms with Gasteiger partial charge in [-0.2, -0.15) is 0 Å². The Balaban J connectivity index is 0.999. The maximum Gasteiger partial charge on any atom is 0.262 e.